The number of carboxylic acids is 1. The molecule has 0 fully saturated rings. The third-order valence-corrected chi connectivity index (χ3v) is 2.72. The van der Waals surface area contributed by atoms with Crippen molar-refractivity contribution in [3.8, 4) is 0 Å². The molecule has 1 aliphatic heterocycles. The Labute approximate surface area is 93.5 Å². The SMILES string of the molecule is CC1C(c2ccccc2)=NOC1CC(=O)O. The van der Waals surface area contributed by atoms with E-state index in [1.807, 2.05) is 37.3 Å². The van der Waals surface area contributed by atoms with E-state index in [9.17, 15) is 4.79 Å². The maximum absolute atomic E-state index is 10.6. The molecule has 0 bridgehead atoms. The van der Waals surface area contributed by atoms with E-state index in [0.29, 0.717) is 0 Å². The number of nitrogens with zero attached hydrogens (tertiary/aromatic N) is 1. The van der Waals surface area contributed by atoms with Gasteiger partial charge in [-0.3, -0.25) is 4.79 Å². The lowest BCUT2D eigenvalue weighted by Gasteiger charge is -2.11. The number of aliphatic carboxylic acids is 1. The van der Waals surface area contributed by atoms with Crippen LogP contribution in [0, 0.1) is 5.92 Å². The Balaban J connectivity index is 2.12. The third kappa shape index (κ3) is 2.05. The van der Waals surface area contributed by atoms with Gasteiger partial charge in [-0.1, -0.05) is 42.4 Å². The summed E-state index contributed by atoms with van der Waals surface area (Å²) < 4.78 is 0. The minimum Gasteiger partial charge on any atom is -0.481 e. The van der Waals surface area contributed by atoms with Crippen LogP contribution in [-0.2, 0) is 9.63 Å². The Morgan fingerprint density at radius 2 is 2.12 bits per heavy atom. The highest BCUT2D eigenvalue weighted by Gasteiger charge is 2.32. The highest BCUT2D eigenvalue weighted by molar-refractivity contribution is 6.03. The van der Waals surface area contributed by atoms with Crippen LogP contribution >= 0.6 is 0 Å². The fourth-order valence-electron chi connectivity index (χ4n) is 1.79. The van der Waals surface area contributed by atoms with Crippen LogP contribution in [0.3, 0.4) is 0 Å². The van der Waals surface area contributed by atoms with Gasteiger partial charge in [0, 0.05) is 5.92 Å². The second-order valence-corrected chi connectivity index (χ2v) is 3.87. The van der Waals surface area contributed by atoms with Crippen molar-refractivity contribution in [3.63, 3.8) is 0 Å². The number of hydrogen-bond acceptors (Lipinski definition) is 3. The van der Waals surface area contributed by atoms with Crippen molar-refractivity contribution in [3.05, 3.63) is 35.9 Å². The smallest absolute Gasteiger partial charge is 0.307 e. The first-order chi connectivity index (χ1) is 7.68. The normalized spacial score (nSPS) is 23.7. The zero-order chi connectivity index (χ0) is 11.5. The number of benzene rings is 1. The van der Waals surface area contributed by atoms with E-state index >= 15 is 0 Å². The highest BCUT2D eigenvalue weighted by Crippen LogP contribution is 2.24. The Kier molecular flexibility index (Phi) is 2.90. The van der Waals surface area contributed by atoms with Crippen molar-refractivity contribution in [1.29, 1.82) is 0 Å². The second kappa shape index (κ2) is 4.35. The topological polar surface area (TPSA) is 58.9 Å². The number of carbonyl (C=O) groups is 1. The number of oxime groups is 1. The molecule has 2 atom stereocenters. The molecule has 0 saturated heterocycles. The monoisotopic (exact) mass is 219 g/mol. The molecule has 2 unspecified atom stereocenters. The van der Waals surface area contributed by atoms with Crippen LogP contribution in [0.4, 0.5) is 0 Å². The first-order valence-corrected chi connectivity index (χ1v) is 5.19. The molecule has 0 aliphatic carbocycles. The van der Waals surface area contributed by atoms with E-state index in [-0.39, 0.29) is 18.4 Å². The van der Waals surface area contributed by atoms with Crippen LogP contribution in [0.25, 0.3) is 0 Å². The molecular formula is C12H13NO3. The molecule has 4 nitrogen and oxygen atoms in total. The van der Waals surface area contributed by atoms with E-state index < -0.39 is 5.97 Å². The molecule has 1 N–H and O–H groups in total. The molecule has 1 aromatic rings. The summed E-state index contributed by atoms with van der Waals surface area (Å²) in [5, 5.41) is 12.7. The fourth-order valence-corrected chi connectivity index (χ4v) is 1.79. The van der Waals surface area contributed by atoms with Gasteiger partial charge in [0.15, 0.2) is 0 Å². The van der Waals surface area contributed by atoms with Gasteiger partial charge in [0.1, 0.15) is 6.10 Å². The lowest BCUT2D eigenvalue weighted by Crippen LogP contribution is -2.23. The van der Waals surface area contributed by atoms with Gasteiger partial charge in [0.05, 0.1) is 12.1 Å². The maximum Gasteiger partial charge on any atom is 0.307 e. The zero-order valence-electron chi connectivity index (χ0n) is 8.96. The van der Waals surface area contributed by atoms with Crippen molar-refractivity contribution in [2.45, 2.75) is 19.4 Å². The molecule has 0 spiro atoms. The molecule has 1 aromatic carbocycles. The third-order valence-electron chi connectivity index (χ3n) is 2.72. The van der Waals surface area contributed by atoms with Crippen LogP contribution in [0.5, 0.6) is 0 Å². The van der Waals surface area contributed by atoms with Gasteiger partial charge in [-0.15, -0.1) is 0 Å². The predicted molar refractivity (Wildman–Crippen MR) is 59.3 cm³/mol. The van der Waals surface area contributed by atoms with Crippen molar-refractivity contribution in [2.75, 3.05) is 0 Å². The minimum absolute atomic E-state index is 0.0125. The standard InChI is InChI=1S/C12H13NO3/c1-8-10(7-11(14)15)16-13-12(8)9-5-3-2-4-6-9/h2-6,8,10H,7H2,1H3,(H,14,15). The summed E-state index contributed by atoms with van der Waals surface area (Å²) in [7, 11) is 0. The molecule has 16 heavy (non-hydrogen) atoms. The summed E-state index contributed by atoms with van der Waals surface area (Å²) in [6, 6.07) is 9.67. The predicted octanol–water partition coefficient (Wildman–Crippen LogP) is 1.90. The van der Waals surface area contributed by atoms with Gasteiger partial charge < -0.3 is 9.94 Å². The summed E-state index contributed by atoms with van der Waals surface area (Å²) in [4.78, 5) is 15.8. The Hall–Kier alpha value is -1.84. The lowest BCUT2D eigenvalue weighted by molar-refractivity contribution is -0.140. The largest absolute Gasteiger partial charge is 0.481 e. The summed E-state index contributed by atoms with van der Waals surface area (Å²) in [5.41, 5.74) is 1.81. The summed E-state index contributed by atoms with van der Waals surface area (Å²) in [5.74, 6) is -0.847. The zero-order valence-corrected chi connectivity index (χ0v) is 8.96. The summed E-state index contributed by atoms with van der Waals surface area (Å²) >= 11 is 0. The second-order valence-electron chi connectivity index (χ2n) is 3.87. The van der Waals surface area contributed by atoms with E-state index in [1.54, 1.807) is 0 Å². The van der Waals surface area contributed by atoms with Crippen molar-refractivity contribution < 1.29 is 14.7 Å². The van der Waals surface area contributed by atoms with Crippen LogP contribution in [0.2, 0.25) is 0 Å². The van der Waals surface area contributed by atoms with Crippen molar-refractivity contribution in [2.24, 2.45) is 11.1 Å². The maximum atomic E-state index is 10.6. The van der Waals surface area contributed by atoms with Gasteiger partial charge in [-0.2, -0.15) is 0 Å². The van der Waals surface area contributed by atoms with E-state index in [4.69, 9.17) is 9.94 Å². The van der Waals surface area contributed by atoms with E-state index in [0.717, 1.165) is 11.3 Å². The molecule has 84 valence electrons. The Morgan fingerprint density at radius 1 is 1.44 bits per heavy atom. The molecule has 1 aliphatic rings. The molecule has 0 radical (unpaired) electrons. The van der Waals surface area contributed by atoms with Gasteiger partial charge in [-0.05, 0) is 5.56 Å². The molecule has 1 heterocycles. The van der Waals surface area contributed by atoms with E-state index in [2.05, 4.69) is 5.16 Å². The van der Waals surface area contributed by atoms with Gasteiger partial charge >= 0.3 is 5.97 Å². The first-order valence-electron chi connectivity index (χ1n) is 5.19. The molecule has 0 saturated carbocycles. The fraction of sp³-hybridized carbons (Fsp3) is 0.333. The van der Waals surface area contributed by atoms with Crippen LogP contribution in [0.15, 0.2) is 35.5 Å². The van der Waals surface area contributed by atoms with Crippen LogP contribution in [-0.4, -0.2) is 22.9 Å². The number of hydrogen-bond donors (Lipinski definition) is 1. The molecule has 0 aromatic heterocycles. The Morgan fingerprint density at radius 3 is 2.75 bits per heavy atom. The number of rotatable bonds is 3. The first kappa shape index (κ1) is 10.7. The molecular weight excluding hydrogens is 206 g/mol. The lowest BCUT2D eigenvalue weighted by atomic mass is 9.93. The quantitative estimate of drug-likeness (QED) is 0.844. The Bertz CT molecular complexity index is 414. The summed E-state index contributed by atoms with van der Waals surface area (Å²) in [6.45, 7) is 1.94. The van der Waals surface area contributed by atoms with Crippen molar-refractivity contribution in [1.82, 2.24) is 0 Å². The van der Waals surface area contributed by atoms with Gasteiger partial charge in [-0.25, -0.2) is 0 Å². The molecule has 0 amide bonds. The summed E-state index contributed by atoms with van der Waals surface area (Å²) in [6.07, 6.45) is -0.367. The molecule has 4 heteroatoms. The van der Waals surface area contributed by atoms with Crippen molar-refractivity contribution >= 4 is 11.7 Å². The van der Waals surface area contributed by atoms with Gasteiger partial charge in [0.25, 0.3) is 0 Å². The minimum atomic E-state index is -0.860. The van der Waals surface area contributed by atoms with E-state index in [1.165, 1.54) is 0 Å². The average Bonchev–Trinajstić information content (AvgIpc) is 2.61. The van der Waals surface area contributed by atoms with Crippen LogP contribution in [0.1, 0.15) is 18.9 Å². The average molecular weight is 219 g/mol. The number of carboxylic acid groups (broad SMARTS) is 1. The van der Waals surface area contributed by atoms with Gasteiger partial charge in [0.2, 0.25) is 0 Å². The van der Waals surface area contributed by atoms with Crippen LogP contribution < -0.4 is 0 Å². The molecule has 2 rings (SSSR count). The highest BCUT2D eigenvalue weighted by atomic mass is 16.6.